The van der Waals surface area contributed by atoms with Gasteiger partial charge in [-0.15, -0.1) is 0 Å². The summed E-state index contributed by atoms with van der Waals surface area (Å²) in [4.78, 5) is 26.3. The summed E-state index contributed by atoms with van der Waals surface area (Å²) in [5.41, 5.74) is 5.95. The van der Waals surface area contributed by atoms with Gasteiger partial charge in [0.15, 0.2) is 0 Å². The lowest BCUT2D eigenvalue weighted by atomic mass is 9.92. The number of rotatable bonds is 3. The van der Waals surface area contributed by atoms with E-state index in [-0.39, 0.29) is 12.1 Å². The standard InChI is InChI=1S/C31H36BrNO4/c1-30(2,3)28(34)36-24-14-15-25-23(17-24)8-7-9-26(32)27(25)22-12-10-20(11-13-22)16-21-18-33(19-21)29(35)37-31(4,5)6/h10-17H,7-9,18-19H2,1-6H3. The first-order chi connectivity index (χ1) is 17.3. The second-order valence-electron chi connectivity index (χ2n) is 11.9. The van der Waals surface area contributed by atoms with Gasteiger partial charge in [0, 0.05) is 17.6 Å². The van der Waals surface area contributed by atoms with E-state index in [9.17, 15) is 9.59 Å². The first-order valence-electron chi connectivity index (χ1n) is 12.8. The number of amides is 1. The van der Waals surface area contributed by atoms with Crippen LogP contribution in [0.1, 0.15) is 76.6 Å². The lowest BCUT2D eigenvalue weighted by Crippen LogP contribution is -2.46. The zero-order valence-corrected chi connectivity index (χ0v) is 24.2. The Kier molecular flexibility index (Phi) is 7.70. The van der Waals surface area contributed by atoms with E-state index in [0.717, 1.165) is 36.0 Å². The SMILES string of the molecule is CC(C)(C)OC(=O)N1CC(=Cc2ccc(C3=C(Br)CCCc4cc(OC(=O)C(C)(C)C)ccc43)cc2)C1. The molecule has 4 rings (SSSR count). The minimum atomic E-state index is -0.550. The molecular weight excluding hydrogens is 530 g/mol. The van der Waals surface area contributed by atoms with Crippen molar-refractivity contribution in [3.63, 3.8) is 0 Å². The maximum absolute atomic E-state index is 12.4. The van der Waals surface area contributed by atoms with Crippen molar-refractivity contribution >= 4 is 39.6 Å². The molecule has 0 spiro atoms. The third-order valence-corrected chi connectivity index (χ3v) is 7.09. The molecule has 5 nitrogen and oxygen atoms in total. The normalized spacial score (nSPS) is 16.0. The van der Waals surface area contributed by atoms with Gasteiger partial charge in [0.1, 0.15) is 11.4 Å². The van der Waals surface area contributed by atoms with Gasteiger partial charge in [-0.2, -0.15) is 0 Å². The topological polar surface area (TPSA) is 55.8 Å². The second kappa shape index (κ2) is 10.5. The largest absolute Gasteiger partial charge is 0.444 e. The summed E-state index contributed by atoms with van der Waals surface area (Å²) in [6.07, 6.45) is 4.78. The molecule has 2 aromatic carbocycles. The molecule has 1 fully saturated rings. The van der Waals surface area contributed by atoms with Gasteiger partial charge in [-0.1, -0.05) is 52.3 Å². The molecule has 1 aliphatic heterocycles. The first-order valence-corrected chi connectivity index (χ1v) is 13.6. The Bertz CT molecular complexity index is 1250. The van der Waals surface area contributed by atoms with Crippen LogP contribution in [0.5, 0.6) is 5.75 Å². The van der Waals surface area contributed by atoms with Crippen LogP contribution in [0.25, 0.3) is 11.6 Å². The highest BCUT2D eigenvalue weighted by Gasteiger charge is 2.29. The predicted molar refractivity (Wildman–Crippen MR) is 152 cm³/mol. The lowest BCUT2D eigenvalue weighted by molar-refractivity contribution is -0.143. The smallest absolute Gasteiger partial charge is 0.410 e. The number of hydrogen-bond donors (Lipinski definition) is 0. The maximum Gasteiger partial charge on any atom is 0.410 e. The number of benzene rings is 2. The van der Waals surface area contributed by atoms with Gasteiger partial charge in [0.25, 0.3) is 0 Å². The number of esters is 1. The highest BCUT2D eigenvalue weighted by atomic mass is 79.9. The molecule has 1 saturated heterocycles. The number of carbonyl (C=O) groups is 2. The summed E-state index contributed by atoms with van der Waals surface area (Å²) in [6.45, 7) is 12.4. The number of hydrogen-bond acceptors (Lipinski definition) is 4. The molecule has 0 radical (unpaired) electrons. The zero-order valence-electron chi connectivity index (χ0n) is 22.6. The van der Waals surface area contributed by atoms with Crippen LogP contribution >= 0.6 is 15.9 Å². The van der Waals surface area contributed by atoms with E-state index >= 15 is 0 Å². The monoisotopic (exact) mass is 565 g/mol. The van der Waals surface area contributed by atoms with E-state index in [2.05, 4.69) is 52.3 Å². The van der Waals surface area contributed by atoms with Crippen molar-refractivity contribution in [3.05, 3.63) is 74.8 Å². The summed E-state index contributed by atoms with van der Waals surface area (Å²) in [5.74, 6) is 0.363. The summed E-state index contributed by atoms with van der Waals surface area (Å²) < 4.78 is 12.3. The Hall–Kier alpha value is -2.86. The minimum Gasteiger partial charge on any atom is -0.444 e. The molecule has 1 amide bonds. The van der Waals surface area contributed by atoms with E-state index in [1.807, 2.05) is 53.7 Å². The number of likely N-dealkylation sites (tertiary alicyclic amines) is 1. The van der Waals surface area contributed by atoms with E-state index in [0.29, 0.717) is 18.8 Å². The van der Waals surface area contributed by atoms with Crippen molar-refractivity contribution in [1.82, 2.24) is 4.90 Å². The van der Waals surface area contributed by atoms with Gasteiger partial charge in [0.2, 0.25) is 0 Å². The van der Waals surface area contributed by atoms with Crippen molar-refractivity contribution in [2.75, 3.05) is 13.1 Å². The van der Waals surface area contributed by atoms with Crippen molar-refractivity contribution in [1.29, 1.82) is 0 Å². The van der Waals surface area contributed by atoms with Gasteiger partial charge in [0.05, 0.1) is 5.41 Å². The van der Waals surface area contributed by atoms with Crippen LogP contribution < -0.4 is 4.74 Å². The van der Waals surface area contributed by atoms with Crippen LogP contribution in [0.15, 0.2) is 52.5 Å². The van der Waals surface area contributed by atoms with E-state index < -0.39 is 11.0 Å². The molecule has 0 N–H and O–H groups in total. The molecular formula is C31H36BrNO4. The molecule has 0 saturated carbocycles. The third kappa shape index (κ3) is 6.72. The summed E-state index contributed by atoms with van der Waals surface area (Å²) >= 11 is 3.85. The number of ether oxygens (including phenoxy) is 2. The second-order valence-corrected chi connectivity index (χ2v) is 12.8. The highest BCUT2D eigenvalue weighted by Crippen LogP contribution is 2.39. The number of aryl methyl sites for hydroxylation is 1. The molecule has 1 heterocycles. The third-order valence-electron chi connectivity index (χ3n) is 6.29. The highest BCUT2D eigenvalue weighted by molar-refractivity contribution is 9.11. The van der Waals surface area contributed by atoms with Gasteiger partial charge < -0.3 is 14.4 Å². The lowest BCUT2D eigenvalue weighted by Gasteiger charge is -2.35. The quantitative estimate of drug-likeness (QED) is 0.282. The minimum absolute atomic E-state index is 0.233. The predicted octanol–water partition coefficient (Wildman–Crippen LogP) is 7.76. The van der Waals surface area contributed by atoms with Gasteiger partial charge in [-0.25, -0.2) is 4.79 Å². The van der Waals surface area contributed by atoms with Crippen LogP contribution in [0.2, 0.25) is 0 Å². The number of fused-ring (bicyclic) bond motifs is 1. The molecule has 0 bridgehead atoms. The van der Waals surface area contributed by atoms with Crippen LogP contribution in [-0.4, -0.2) is 35.7 Å². The molecule has 1 aliphatic carbocycles. The summed E-state index contributed by atoms with van der Waals surface area (Å²) in [7, 11) is 0. The van der Waals surface area contributed by atoms with Crippen molar-refractivity contribution < 1.29 is 19.1 Å². The van der Waals surface area contributed by atoms with Crippen LogP contribution in [0.4, 0.5) is 4.79 Å². The summed E-state index contributed by atoms with van der Waals surface area (Å²) in [6, 6.07) is 14.5. The molecule has 2 aromatic rings. The molecule has 0 aromatic heterocycles. The molecule has 37 heavy (non-hydrogen) atoms. The maximum atomic E-state index is 12.4. The zero-order chi connectivity index (χ0) is 27.0. The van der Waals surface area contributed by atoms with Crippen LogP contribution in [0, 0.1) is 5.41 Å². The Labute approximate surface area is 228 Å². The van der Waals surface area contributed by atoms with Gasteiger partial charge >= 0.3 is 12.1 Å². The number of halogens is 1. The molecule has 0 atom stereocenters. The Balaban J connectivity index is 1.50. The number of allylic oxidation sites excluding steroid dienone is 1. The Morgan fingerprint density at radius 3 is 2.24 bits per heavy atom. The summed E-state index contributed by atoms with van der Waals surface area (Å²) in [5, 5.41) is 0. The fourth-order valence-electron chi connectivity index (χ4n) is 4.33. The van der Waals surface area contributed by atoms with Gasteiger partial charge in [-0.3, -0.25) is 4.79 Å². The fraction of sp³-hybridized carbons (Fsp3) is 0.419. The molecule has 6 heteroatoms. The fourth-order valence-corrected chi connectivity index (χ4v) is 5.06. The molecule has 2 aliphatic rings. The number of nitrogens with zero attached hydrogens (tertiary/aromatic N) is 1. The average molecular weight is 567 g/mol. The van der Waals surface area contributed by atoms with Crippen molar-refractivity contribution in [2.24, 2.45) is 5.41 Å². The molecule has 0 unspecified atom stereocenters. The number of carbonyl (C=O) groups excluding carboxylic acids is 2. The Morgan fingerprint density at radius 1 is 0.946 bits per heavy atom. The van der Waals surface area contributed by atoms with Gasteiger partial charge in [-0.05, 0) is 106 Å². The van der Waals surface area contributed by atoms with Crippen LogP contribution in [-0.2, 0) is 16.0 Å². The van der Waals surface area contributed by atoms with E-state index in [4.69, 9.17) is 9.47 Å². The Morgan fingerprint density at radius 2 is 1.62 bits per heavy atom. The van der Waals surface area contributed by atoms with Crippen molar-refractivity contribution in [2.45, 2.75) is 66.4 Å². The molecule has 196 valence electrons. The van der Waals surface area contributed by atoms with Crippen molar-refractivity contribution in [3.8, 4) is 5.75 Å². The van der Waals surface area contributed by atoms with E-state index in [1.54, 1.807) is 4.90 Å². The van der Waals surface area contributed by atoms with Crippen LogP contribution in [0.3, 0.4) is 0 Å². The first kappa shape index (κ1) is 27.2. The average Bonchev–Trinajstić information content (AvgIpc) is 2.92. The van der Waals surface area contributed by atoms with E-state index in [1.165, 1.54) is 21.2 Å².